The summed E-state index contributed by atoms with van der Waals surface area (Å²) in [5.74, 6) is -0.155. The molecule has 0 radical (unpaired) electrons. The molecule has 0 aromatic heterocycles. The molecule has 1 aliphatic heterocycles. The van der Waals surface area contributed by atoms with Gasteiger partial charge in [-0.2, -0.15) is 0 Å². The Labute approximate surface area is 188 Å². The highest BCUT2D eigenvalue weighted by Gasteiger charge is 2.14. The van der Waals surface area contributed by atoms with E-state index >= 15 is 0 Å². The number of para-hydroxylation sites is 1. The lowest BCUT2D eigenvalue weighted by atomic mass is 10.1. The van der Waals surface area contributed by atoms with E-state index in [2.05, 4.69) is 33.0 Å². The molecule has 3 aromatic carbocycles. The van der Waals surface area contributed by atoms with Gasteiger partial charge < -0.3 is 16.0 Å². The molecule has 31 heavy (non-hydrogen) atoms. The number of halogens is 1. The quantitative estimate of drug-likeness (QED) is 0.508. The average Bonchev–Trinajstić information content (AvgIpc) is 2.79. The molecule has 3 N–H and O–H groups in total. The maximum Gasteiger partial charge on any atom is 0.257 e. The molecule has 1 amide bonds. The molecule has 1 fully saturated rings. The van der Waals surface area contributed by atoms with Crippen LogP contribution in [-0.4, -0.2) is 37.0 Å². The average molecular weight is 435 g/mol. The van der Waals surface area contributed by atoms with Crippen LogP contribution >= 0.6 is 11.6 Å². The standard InChI is InChI=1S/C25H27ClN4O/c1-18-22(26)6-4-8-23(18)29-24-7-3-2-5-21(24)25(31)28-20-11-9-19(10-12-20)17-30-15-13-27-14-16-30/h2-12,27,29H,13-17H2,1H3,(H,28,31). The lowest BCUT2D eigenvalue weighted by Crippen LogP contribution is -2.42. The number of piperazine rings is 1. The minimum absolute atomic E-state index is 0.155. The van der Waals surface area contributed by atoms with Gasteiger partial charge in [-0.15, -0.1) is 0 Å². The molecule has 0 unspecified atom stereocenters. The highest BCUT2D eigenvalue weighted by molar-refractivity contribution is 6.31. The molecular formula is C25H27ClN4O. The number of benzene rings is 3. The fourth-order valence-corrected chi connectivity index (χ4v) is 3.87. The van der Waals surface area contributed by atoms with Crippen LogP contribution in [0.25, 0.3) is 0 Å². The Morgan fingerprint density at radius 2 is 1.68 bits per heavy atom. The summed E-state index contributed by atoms with van der Waals surface area (Å²) in [7, 11) is 0. The molecule has 1 heterocycles. The number of anilines is 3. The molecule has 0 bridgehead atoms. The molecule has 6 heteroatoms. The van der Waals surface area contributed by atoms with Crippen molar-refractivity contribution in [3.63, 3.8) is 0 Å². The maximum atomic E-state index is 13.0. The zero-order chi connectivity index (χ0) is 21.6. The zero-order valence-corrected chi connectivity index (χ0v) is 18.4. The topological polar surface area (TPSA) is 56.4 Å². The number of carbonyl (C=O) groups is 1. The van der Waals surface area contributed by atoms with Gasteiger partial charge in [0.2, 0.25) is 0 Å². The second kappa shape index (κ2) is 9.96. The van der Waals surface area contributed by atoms with Crippen molar-refractivity contribution in [2.45, 2.75) is 13.5 Å². The largest absolute Gasteiger partial charge is 0.355 e. The van der Waals surface area contributed by atoms with Crippen molar-refractivity contribution < 1.29 is 4.79 Å². The predicted molar refractivity (Wildman–Crippen MR) is 128 cm³/mol. The van der Waals surface area contributed by atoms with Gasteiger partial charge >= 0.3 is 0 Å². The van der Waals surface area contributed by atoms with E-state index in [1.165, 1.54) is 5.56 Å². The van der Waals surface area contributed by atoms with Crippen LogP contribution in [0, 0.1) is 6.92 Å². The fraction of sp³-hybridized carbons (Fsp3) is 0.240. The van der Waals surface area contributed by atoms with Crippen molar-refractivity contribution in [2.24, 2.45) is 0 Å². The first-order chi connectivity index (χ1) is 15.1. The van der Waals surface area contributed by atoms with Gasteiger partial charge in [-0.05, 0) is 54.4 Å². The van der Waals surface area contributed by atoms with Crippen molar-refractivity contribution in [2.75, 3.05) is 36.8 Å². The van der Waals surface area contributed by atoms with Crippen LogP contribution in [-0.2, 0) is 6.54 Å². The van der Waals surface area contributed by atoms with Crippen molar-refractivity contribution in [3.8, 4) is 0 Å². The molecule has 0 spiro atoms. The van der Waals surface area contributed by atoms with Crippen LogP contribution in [0.4, 0.5) is 17.1 Å². The third kappa shape index (κ3) is 5.44. The van der Waals surface area contributed by atoms with Crippen LogP contribution in [0.2, 0.25) is 5.02 Å². The number of rotatable bonds is 6. The number of hydrogen-bond acceptors (Lipinski definition) is 4. The fourth-order valence-electron chi connectivity index (χ4n) is 3.70. The highest BCUT2D eigenvalue weighted by atomic mass is 35.5. The van der Waals surface area contributed by atoms with E-state index in [9.17, 15) is 4.79 Å². The molecule has 0 atom stereocenters. The minimum atomic E-state index is -0.155. The van der Waals surface area contributed by atoms with Gasteiger partial charge in [0.15, 0.2) is 0 Å². The molecular weight excluding hydrogens is 408 g/mol. The van der Waals surface area contributed by atoms with Crippen LogP contribution in [0.5, 0.6) is 0 Å². The lowest BCUT2D eigenvalue weighted by molar-refractivity contribution is 0.102. The Hall–Kier alpha value is -2.86. The van der Waals surface area contributed by atoms with E-state index in [0.29, 0.717) is 10.6 Å². The van der Waals surface area contributed by atoms with Gasteiger partial charge in [-0.25, -0.2) is 0 Å². The van der Waals surface area contributed by atoms with Gasteiger partial charge in [-0.1, -0.05) is 41.9 Å². The summed E-state index contributed by atoms with van der Waals surface area (Å²) >= 11 is 6.24. The summed E-state index contributed by atoms with van der Waals surface area (Å²) in [5, 5.41) is 10.4. The third-order valence-electron chi connectivity index (χ3n) is 5.54. The Kier molecular flexibility index (Phi) is 6.87. The van der Waals surface area contributed by atoms with E-state index in [1.807, 2.05) is 61.5 Å². The van der Waals surface area contributed by atoms with E-state index in [4.69, 9.17) is 11.6 Å². The summed E-state index contributed by atoms with van der Waals surface area (Å²) in [6.07, 6.45) is 0. The maximum absolute atomic E-state index is 13.0. The van der Waals surface area contributed by atoms with E-state index < -0.39 is 0 Å². The summed E-state index contributed by atoms with van der Waals surface area (Å²) in [5.41, 5.74) is 5.16. The lowest BCUT2D eigenvalue weighted by Gasteiger charge is -2.27. The molecule has 0 aliphatic carbocycles. The second-order valence-corrected chi connectivity index (χ2v) is 8.17. The Morgan fingerprint density at radius 3 is 2.45 bits per heavy atom. The first-order valence-electron chi connectivity index (χ1n) is 10.5. The van der Waals surface area contributed by atoms with Crippen molar-refractivity contribution >= 4 is 34.6 Å². The Balaban J connectivity index is 1.44. The number of hydrogen-bond donors (Lipinski definition) is 3. The normalized spacial score (nSPS) is 14.3. The molecule has 5 nitrogen and oxygen atoms in total. The Bertz CT molecular complexity index is 1050. The van der Waals surface area contributed by atoms with Gasteiger partial charge in [0.25, 0.3) is 5.91 Å². The SMILES string of the molecule is Cc1c(Cl)cccc1Nc1ccccc1C(=O)Nc1ccc(CN2CCNCC2)cc1. The van der Waals surface area contributed by atoms with Crippen molar-refractivity contribution in [1.29, 1.82) is 0 Å². The number of carbonyl (C=O) groups excluding carboxylic acids is 1. The third-order valence-corrected chi connectivity index (χ3v) is 5.95. The molecule has 3 aromatic rings. The number of nitrogens with zero attached hydrogens (tertiary/aromatic N) is 1. The smallest absolute Gasteiger partial charge is 0.257 e. The van der Waals surface area contributed by atoms with Crippen LogP contribution in [0.15, 0.2) is 66.7 Å². The predicted octanol–water partition coefficient (Wildman–Crippen LogP) is 5.05. The molecule has 160 valence electrons. The molecule has 1 aliphatic rings. The molecule has 1 saturated heterocycles. The van der Waals surface area contributed by atoms with Crippen LogP contribution in [0.3, 0.4) is 0 Å². The van der Waals surface area contributed by atoms with Crippen LogP contribution in [0.1, 0.15) is 21.5 Å². The summed E-state index contributed by atoms with van der Waals surface area (Å²) in [6.45, 7) is 7.09. The Morgan fingerprint density at radius 1 is 0.968 bits per heavy atom. The van der Waals surface area contributed by atoms with Crippen molar-refractivity contribution in [3.05, 3.63) is 88.4 Å². The van der Waals surface area contributed by atoms with Gasteiger partial charge in [-0.3, -0.25) is 9.69 Å². The van der Waals surface area contributed by atoms with Gasteiger partial charge in [0.1, 0.15) is 0 Å². The molecule has 4 rings (SSSR count). The monoisotopic (exact) mass is 434 g/mol. The number of nitrogens with one attached hydrogen (secondary N) is 3. The van der Waals surface area contributed by atoms with Crippen molar-refractivity contribution in [1.82, 2.24) is 10.2 Å². The summed E-state index contributed by atoms with van der Waals surface area (Å²) in [4.78, 5) is 15.4. The first kappa shape index (κ1) is 21.4. The number of amides is 1. The second-order valence-electron chi connectivity index (χ2n) is 7.76. The van der Waals surface area contributed by atoms with Gasteiger partial charge in [0, 0.05) is 49.1 Å². The van der Waals surface area contributed by atoms with E-state index in [1.54, 1.807) is 0 Å². The van der Waals surface area contributed by atoms with Gasteiger partial charge in [0.05, 0.1) is 11.3 Å². The molecule has 0 saturated carbocycles. The summed E-state index contributed by atoms with van der Waals surface area (Å²) < 4.78 is 0. The van der Waals surface area contributed by atoms with E-state index in [-0.39, 0.29) is 5.91 Å². The summed E-state index contributed by atoms with van der Waals surface area (Å²) in [6, 6.07) is 21.3. The first-order valence-corrected chi connectivity index (χ1v) is 10.9. The zero-order valence-electron chi connectivity index (χ0n) is 17.6. The minimum Gasteiger partial charge on any atom is -0.355 e. The highest BCUT2D eigenvalue weighted by Crippen LogP contribution is 2.28. The van der Waals surface area contributed by atoms with E-state index in [0.717, 1.165) is 55.3 Å². The van der Waals surface area contributed by atoms with Crippen LogP contribution < -0.4 is 16.0 Å².